The summed E-state index contributed by atoms with van der Waals surface area (Å²) in [6.07, 6.45) is 2.25. The van der Waals surface area contributed by atoms with Gasteiger partial charge in [0.2, 0.25) is 0 Å². The van der Waals surface area contributed by atoms with Gasteiger partial charge in [-0.25, -0.2) is 4.39 Å². The third-order valence-electron chi connectivity index (χ3n) is 3.56. The van der Waals surface area contributed by atoms with Crippen LogP contribution in [0.1, 0.15) is 12.0 Å². The molecule has 1 saturated heterocycles. The average Bonchev–Trinajstić information content (AvgIpc) is 2.26. The van der Waals surface area contributed by atoms with Crippen molar-refractivity contribution < 1.29 is 4.39 Å². The summed E-state index contributed by atoms with van der Waals surface area (Å²) in [4.78, 5) is 2.42. The fourth-order valence-electron chi connectivity index (χ4n) is 2.44. The molecule has 0 saturated carbocycles. The van der Waals surface area contributed by atoms with Crippen molar-refractivity contribution in [2.24, 2.45) is 0 Å². The summed E-state index contributed by atoms with van der Waals surface area (Å²) in [7, 11) is 0. The lowest BCUT2D eigenvalue weighted by Crippen LogP contribution is -2.38. The van der Waals surface area contributed by atoms with Crippen LogP contribution >= 0.6 is 0 Å². The monoisotopic (exact) mass is 229 g/mol. The predicted octanol–water partition coefficient (Wildman–Crippen LogP) is 3.23. The molecule has 0 amide bonds. The Labute approximate surface area is 101 Å². The normalized spacial score (nSPS) is 16.1. The van der Waals surface area contributed by atoms with E-state index in [-0.39, 0.29) is 5.82 Å². The van der Waals surface area contributed by atoms with Crippen LogP contribution in [0.3, 0.4) is 0 Å². The molecule has 3 rings (SSSR count). The molecule has 17 heavy (non-hydrogen) atoms. The van der Waals surface area contributed by atoms with Crippen molar-refractivity contribution in [2.75, 3.05) is 19.6 Å². The molecule has 1 nitrogen and oxygen atoms in total. The molecule has 0 N–H and O–H groups in total. The Bertz CT molecular complexity index is 531. The van der Waals surface area contributed by atoms with Crippen molar-refractivity contribution in [3.8, 4) is 0 Å². The SMILES string of the molecule is Fc1cc(CCN2CCC2)c2ccccc2c1. The lowest BCUT2D eigenvalue weighted by Gasteiger charge is -2.30. The molecular formula is C15H16FN. The van der Waals surface area contributed by atoms with Crippen LogP contribution in [-0.2, 0) is 6.42 Å². The molecule has 0 unspecified atom stereocenters. The minimum absolute atomic E-state index is 0.123. The van der Waals surface area contributed by atoms with Crippen molar-refractivity contribution in [2.45, 2.75) is 12.8 Å². The topological polar surface area (TPSA) is 3.24 Å². The van der Waals surface area contributed by atoms with E-state index in [2.05, 4.69) is 11.0 Å². The highest BCUT2D eigenvalue weighted by molar-refractivity contribution is 5.85. The standard InChI is InChI=1S/C15H16FN/c16-14-10-12-4-1-2-5-15(12)13(11-14)6-9-17-7-3-8-17/h1-2,4-5,10-11H,3,6-9H2. The second-order valence-electron chi connectivity index (χ2n) is 4.73. The third kappa shape index (κ3) is 2.18. The van der Waals surface area contributed by atoms with E-state index >= 15 is 0 Å². The fourth-order valence-corrected chi connectivity index (χ4v) is 2.44. The zero-order chi connectivity index (χ0) is 11.7. The second kappa shape index (κ2) is 4.46. The van der Waals surface area contributed by atoms with Crippen LogP contribution in [0.15, 0.2) is 36.4 Å². The average molecular weight is 229 g/mol. The van der Waals surface area contributed by atoms with Crippen LogP contribution in [0.25, 0.3) is 10.8 Å². The summed E-state index contributed by atoms with van der Waals surface area (Å²) in [6, 6.07) is 11.3. The summed E-state index contributed by atoms with van der Waals surface area (Å²) in [5.41, 5.74) is 1.13. The Morgan fingerprint density at radius 1 is 1.12 bits per heavy atom. The van der Waals surface area contributed by atoms with Crippen molar-refractivity contribution in [3.63, 3.8) is 0 Å². The van der Waals surface area contributed by atoms with Crippen molar-refractivity contribution in [1.29, 1.82) is 0 Å². The van der Waals surface area contributed by atoms with Crippen LogP contribution in [0.2, 0.25) is 0 Å². The molecule has 1 heterocycles. The first kappa shape index (κ1) is 10.7. The van der Waals surface area contributed by atoms with Gasteiger partial charge in [0.15, 0.2) is 0 Å². The van der Waals surface area contributed by atoms with Crippen LogP contribution < -0.4 is 0 Å². The molecule has 1 fully saturated rings. The van der Waals surface area contributed by atoms with Crippen molar-refractivity contribution >= 4 is 10.8 Å². The third-order valence-corrected chi connectivity index (χ3v) is 3.56. The Morgan fingerprint density at radius 2 is 1.94 bits per heavy atom. The van der Waals surface area contributed by atoms with Crippen LogP contribution in [-0.4, -0.2) is 24.5 Å². The largest absolute Gasteiger partial charge is 0.303 e. The quantitative estimate of drug-likeness (QED) is 0.781. The van der Waals surface area contributed by atoms with E-state index in [1.807, 2.05) is 18.2 Å². The van der Waals surface area contributed by atoms with Crippen molar-refractivity contribution in [3.05, 3.63) is 47.8 Å². The van der Waals surface area contributed by atoms with Gasteiger partial charge in [-0.1, -0.05) is 24.3 Å². The molecule has 88 valence electrons. The Hall–Kier alpha value is -1.41. The Balaban J connectivity index is 1.90. The highest BCUT2D eigenvalue weighted by Crippen LogP contribution is 2.21. The first-order chi connectivity index (χ1) is 8.33. The maximum atomic E-state index is 13.5. The summed E-state index contributed by atoms with van der Waals surface area (Å²) in [5.74, 6) is -0.123. The van der Waals surface area contributed by atoms with E-state index < -0.39 is 0 Å². The molecule has 2 heteroatoms. The number of fused-ring (bicyclic) bond motifs is 1. The number of halogens is 1. The highest BCUT2D eigenvalue weighted by Gasteiger charge is 2.13. The number of hydrogen-bond acceptors (Lipinski definition) is 1. The van der Waals surface area contributed by atoms with E-state index in [1.165, 1.54) is 24.9 Å². The van der Waals surface area contributed by atoms with Crippen LogP contribution in [0.5, 0.6) is 0 Å². The molecule has 1 aliphatic heterocycles. The summed E-state index contributed by atoms with van der Waals surface area (Å²) in [6.45, 7) is 3.45. The zero-order valence-corrected chi connectivity index (χ0v) is 9.82. The van der Waals surface area contributed by atoms with E-state index in [0.717, 1.165) is 23.9 Å². The predicted molar refractivity (Wildman–Crippen MR) is 68.7 cm³/mol. The first-order valence-corrected chi connectivity index (χ1v) is 6.22. The number of rotatable bonds is 3. The maximum Gasteiger partial charge on any atom is 0.124 e. The van der Waals surface area contributed by atoms with E-state index in [1.54, 1.807) is 12.1 Å². The minimum Gasteiger partial charge on any atom is -0.303 e. The summed E-state index contributed by atoms with van der Waals surface area (Å²) in [5, 5.41) is 2.19. The van der Waals surface area contributed by atoms with Gasteiger partial charge in [-0.05, 0) is 54.4 Å². The smallest absolute Gasteiger partial charge is 0.124 e. The van der Waals surface area contributed by atoms with Gasteiger partial charge in [-0.2, -0.15) is 0 Å². The minimum atomic E-state index is -0.123. The second-order valence-corrected chi connectivity index (χ2v) is 4.73. The molecule has 0 radical (unpaired) electrons. The number of likely N-dealkylation sites (tertiary alicyclic amines) is 1. The van der Waals surface area contributed by atoms with E-state index in [4.69, 9.17) is 0 Å². The van der Waals surface area contributed by atoms with Gasteiger partial charge >= 0.3 is 0 Å². The summed E-state index contributed by atoms with van der Waals surface area (Å²) < 4.78 is 13.5. The molecule has 2 aromatic carbocycles. The number of hydrogen-bond donors (Lipinski definition) is 0. The Morgan fingerprint density at radius 3 is 2.71 bits per heavy atom. The molecule has 0 atom stereocenters. The van der Waals surface area contributed by atoms with Gasteiger partial charge in [0.1, 0.15) is 5.82 Å². The molecule has 0 bridgehead atoms. The van der Waals surface area contributed by atoms with Gasteiger partial charge in [0, 0.05) is 6.54 Å². The number of benzene rings is 2. The molecule has 0 aromatic heterocycles. The van der Waals surface area contributed by atoms with Gasteiger partial charge < -0.3 is 4.90 Å². The van der Waals surface area contributed by atoms with Gasteiger partial charge in [-0.15, -0.1) is 0 Å². The van der Waals surface area contributed by atoms with Gasteiger partial charge in [-0.3, -0.25) is 0 Å². The van der Waals surface area contributed by atoms with Crippen LogP contribution in [0, 0.1) is 5.82 Å². The molecule has 1 aliphatic rings. The maximum absolute atomic E-state index is 13.5. The van der Waals surface area contributed by atoms with E-state index in [0.29, 0.717) is 0 Å². The molecular weight excluding hydrogens is 213 g/mol. The molecule has 0 aliphatic carbocycles. The lowest BCUT2D eigenvalue weighted by molar-refractivity contribution is 0.184. The van der Waals surface area contributed by atoms with Gasteiger partial charge in [0.25, 0.3) is 0 Å². The highest BCUT2D eigenvalue weighted by atomic mass is 19.1. The molecule has 2 aromatic rings. The lowest BCUT2D eigenvalue weighted by atomic mass is 10.0. The van der Waals surface area contributed by atoms with Gasteiger partial charge in [0.05, 0.1) is 0 Å². The first-order valence-electron chi connectivity index (χ1n) is 6.22. The molecule has 0 spiro atoms. The van der Waals surface area contributed by atoms with Crippen LogP contribution in [0.4, 0.5) is 4.39 Å². The fraction of sp³-hybridized carbons (Fsp3) is 0.333. The summed E-state index contributed by atoms with van der Waals surface area (Å²) >= 11 is 0. The number of nitrogens with zero attached hydrogens (tertiary/aromatic N) is 1. The zero-order valence-electron chi connectivity index (χ0n) is 9.82. The Kier molecular flexibility index (Phi) is 2.81. The van der Waals surface area contributed by atoms with E-state index in [9.17, 15) is 4.39 Å². The van der Waals surface area contributed by atoms with Crippen molar-refractivity contribution in [1.82, 2.24) is 4.90 Å².